The van der Waals surface area contributed by atoms with Gasteiger partial charge in [-0.15, -0.1) is 0 Å². The van der Waals surface area contributed by atoms with Crippen molar-refractivity contribution in [3.8, 4) is 34.3 Å². The van der Waals surface area contributed by atoms with Crippen LogP contribution in [0.4, 0.5) is 0 Å². The van der Waals surface area contributed by atoms with E-state index in [1.807, 2.05) is 61.7 Å². The third-order valence-electron chi connectivity index (χ3n) is 4.31. The van der Waals surface area contributed by atoms with Gasteiger partial charge in [0, 0.05) is 24.0 Å². The monoisotopic (exact) mass is 372 g/mol. The number of methoxy groups -OCH3 is 1. The number of benzene rings is 1. The van der Waals surface area contributed by atoms with Crippen LogP contribution in [0.25, 0.3) is 22.8 Å². The predicted molar refractivity (Wildman–Crippen MR) is 107 cm³/mol. The Balaban J connectivity index is 1.54. The van der Waals surface area contributed by atoms with Gasteiger partial charge in [0.25, 0.3) is 0 Å². The highest BCUT2D eigenvalue weighted by Crippen LogP contribution is 2.33. The minimum absolute atomic E-state index is 0.399. The quantitative estimate of drug-likeness (QED) is 0.542. The Morgan fingerprint density at radius 2 is 1.89 bits per heavy atom. The highest BCUT2D eigenvalue weighted by Gasteiger charge is 2.12. The molecule has 28 heavy (non-hydrogen) atoms. The topological polar surface area (TPSA) is 72.9 Å². The van der Waals surface area contributed by atoms with E-state index in [0.717, 1.165) is 28.2 Å². The number of rotatable bonds is 6. The first-order chi connectivity index (χ1) is 13.7. The van der Waals surface area contributed by atoms with E-state index in [2.05, 4.69) is 19.9 Å². The van der Waals surface area contributed by atoms with Gasteiger partial charge in [-0.1, -0.05) is 12.1 Å². The van der Waals surface area contributed by atoms with Gasteiger partial charge in [-0.3, -0.25) is 9.97 Å². The summed E-state index contributed by atoms with van der Waals surface area (Å²) >= 11 is 0. The lowest BCUT2D eigenvalue weighted by molar-refractivity contribution is 0.299. The smallest absolute Gasteiger partial charge is 0.156 e. The van der Waals surface area contributed by atoms with Crippen molar-refractivity contribution in [1.29, 1.82) is 0 Å². The van der Waals surface area contributed by atoms with Crippen molar-refractivity contribution in [2.45, 2.75) is 13.5 Å². The number of hydrogen-bond donors (Lipinski definition) is 1. The number of nitrogens with zero attached hydrogens (tertiary/aromatic N) is 3. The predicted octanol–water partition coefficient (Wildman–Crippen LogP) is 4.43. The lowest BCUT2D eigenvalue weighted by Crippen LogP contribution is -1.99. The lowest BCUT2D eigenvalue weighted by atomic mass is 10.1. The van der Waals surface area contributed by atoms with Gasteiger partial charge in [0.2, 0.25) is 0 Å². The third-order valence-corrected chi connectivity index (χ3v) is 4.31. The summed E-state index contributed by atoms with van der Waals surface area (Å²) in [4.78, 5) is 16.4. The van der Waals surface area contributed by atoms with Gasteiger partial charge in [0.05, 0.1) is 24.7 Å². The zero-order chi connectivity index (χ0) is 19.3. The zero-order valence-corrected chi connectivity index (χ0v) is 15.7. The van der Waals surface area contributed by atoms with Crippen LogP contribution in [0, 0.1) is 6.92 Å². The molecule has 0 amide bonds. The summed E-state index contributed by atoms with van der Waals surface area (Å²) < 4.78 is 11.4. The van der Waals surface area contributed by atoms with Crippen LogP contribution in [0.5, 0.6) is 11.5 Å². The van der Waals surface area contributed by atoms with Crippen LogP contribution in [0.3, 0.4) is 0 Å². The molecule has 4 rings (SSSR count). The molecule has 0 spiro atoms. The van der Waals surface area contributed by atoms with Crippen LogP contribution in [0.1, 0.15) is 11.3 Å². The second-order valence-electron chi connectivity index (χ2n) is 6.34. The second-order valence-corrected chi connectivity index (χ2v) is 6.34. The van der Waals surface area contributed by atoms with E-state index >= 15 is 0 Å². The van der Waals surface area contributed by atoms with Gasteiger partial charge >= 0.3 is 0 Å². The molecule has 0 unspecified atom stereocenters. The van der Waals surface area contributed by atoms with E-state index in [-0.39, 0.29) is 0 Å². The van der Waals surface area contributed by atoms with E-state index in [4.69, 9.17) is 9.47 Å². The van der Waals surface area contributed by atoms with Crippen LogP contribution < -0.4 is 9.47 Å². The van der Waals surface area contributed by atoms with Crippen molar-refractivity contribution >= 4 is 0 Å². The Morgan fingerprint density at radius 1 is 0.964 bits per heavy atom. The Morgan fingerprint density at radius 3 is 2.64 bits per heavy atom. The van der Waals surface area contributed by atoms with Crippen molar-refractivity contribution in [3.05, 3.63) is 78.4 Å². The van der Waals surface area contributed by atoms with E-state index in [9.17, 15) is 0 Å². The van der Waals surface area contributed by atoms with Crippen LogP contribution in [0.15, 0.2) is 67.1 Å². The SMILES string of the molecule is COc1cc(OCc2ccc(C)cn2)ccc1-c1cnc(-c2ccccn2)[nH]1. The van der Waals surface area contributed by atoms with Crippen molar-refractivity contribution in [1.82, 2.24) is 19.9 Å². The summed E-state index contributed by atoms with van der Waals surface area (Å²) in [5.74, 6) is 2.13. The first-order valence-electron chi connectivity index (χ1n) is 8.92. The van der Waals surface area contributed by atoms with Crippen LogP contribution >= 0.6 is 0 Å². The number of H-pyrrole nitrogens is 1. The molecule has 1 N–H and O–H groups in total. The third kappa shape index (κ3) is 3.86. The van der Waals surface area contributed by atoms with Gasteiger partial charge in [0.15, 0.2) is 5.82 Å². The molecule has 3 heterocycles. The minimum atomic E-state index is 0.399. The molecule has 6 heteroatoms. The molecular weight excluding hydrogens is 352 g/mol. The van der Waals surface area contributed by atoms with Gasteiger partial charge in [-0.25, -0.2) is 4.98 Å². The largest absolute Gasteiger partial charge is 0.496 e. The number of nitrogens with one attached hydrogen (secondary N) is 1. The number of aryl methyl sites for hydroxylation is 1. The molecule has 140 valence electrons. The molecule has 0 fully saturated rings. The van der Waals surface area contributed by atoms with Crippen molar-refractivity contribution < 1.29 is 9.47 Å². The molecule has 1 aromatic carbocycles. The fourth-order valence-electron chi connectivity index (χ4n) is 2.82. The number of aromatic nitrogens is 4. The minimum Gasteiger partial charge on any atom is -0.496 e. The Hall–Kier alpha value is -3.67. The standard InChI is InChI=1S/C22H20N4O2/c1-15-6-7-16(24-12-15)14-28-17-8-9-18(21(11-17)27-2)20-13-25-22(26-20)19-5-3-4-10-23-19/h3-13H,14H2,1-2H3,(H,25,26). The summed E-state index contributed by atoms with van der Waals surface area (Å²) in [7, 11) is 1.64. The van der Waals surface area contributed by atoms with Crippen molar-refractivity contribution in [3.63, 3.8) is 0 Å². The molecule has 6 nitrogen and oxygen atoms in total. The number of imidazole rings is 1. The molecule has 0 atom stereocenters. The fraction of sp³-hybridized carbons (Fsp3) is 0.136. The van der Waals surface area contributed by atoms with E-state index < -0.39 is 0 Å². The highest BCUT2D eigenvalue weighted by atomic mass is 16.5. The van der Waals surface area contributed by atoms with Gasteiger partial charge in [-0.05, 0) is 42.8 Å². The Kier molecular flexibility index (Phi) is 5.01. The van der Waals surface area contributed by atoms with Gasteiger partial charge < -0.3 is 14.5 Å². The molecular formula is C22H20N4O2. The van der Waals surface area contributed by atoms with E-state index in [0.29, 0.717) is 23.9 Å². The molecule has 0 bridgehead atoms. The Bertz CT molecular complexity index is 1060. The number of aromatic amines is 1. The summed E-state index contributed by atoms with van der Waals surface area (Å²) in [5, 5.41) is 0. The van der Waals surface area contributed by atoms with Gasteiger partial charge in [0.1, 0.15) is 23.8 Å². The Labute approximate surface area is 163 Å². The molecule has 0 radical (unpaired) electrons. The molecule has 0 aliphatic carbocycles. The van der Waals surface area contributed by atoms with Crippen molar-refractivity contribution in [2.75, 3.05) is 7.11 Å². The summed E-state index contributed by atoms with van der Waals surface area (Å²) in [6.45, 7) is 2.41. The molecule has 3 aromatic heterocycles. The summed E-state index contributed by atoms with van der Waals surface area (Å²) in [5.41, 5.74) is 4.54. The molecule has 0 aliphatic rings. The first kappa shape index (κ1) is 17.7. The van der Waals surface area contributed by atoms with Gasteiger partial charge in [-0.2, -0.15) is 0 Å². The van der Waals surface area contributed by atoms with E-state index in [1.165, 1.54) is 0 Å². The van der Waals surface area contributed by atoms with Crippen LogP contribution in [-0.2, 0) is 6.61 Å². The first-order valence-corrected chi connectivity index (χ1v) is 8.92. The molecule has 0 saturated carbocycles. The number of hydrogen-bond acceptors (Lipinski definition) is 5. The zero-order valence-electron chi connectivity index (χ0n) is 15.7. The maximum absolute atomic E-state index is 5.86. The van der Waals surface area contributed by atoms with Crippen LogP contribution in [-0.4, -0.2) is 27.0 Å². The molecule has 0 saturated heterocycles. The fourth-order valence-corrected chi connectivity index (χ4v) is 2.82. The van der Waals surface area contributed by atoms with E-state index in [1.54, 1.807) is 19.5 Å². The summed E-state index contributed by atoms with van der Waals surface area (Å²) in [6.07, 6.45) is 5.35. The maximum atomic E-state index is 5.86. The summed E-state index contributed by atoms with van der Waals surface area (Å²) in [6, 6.07) is 15.4. The normalized spacial score (nSPS) is 10.6. The molecule has 0 aliphatic heterocycles. The number of ether oxygens (including phenoxy) is 2. The maximum Gasteiger partial charge on any atom is 0.156 e. The average Bonchev–Trinajstić information content (AvgIpc) is 3.24. The highest BCUT2D eigenvalue weighted by molar-refractivity contribution is 5.70. The van der Waals surface area contributed by atoms with Crippen LogP contribution in [0.2, 0.25) is 0 Å². The number of pyridine rings is 2. The second kappa shape index (κ2) is 7.92. The lowest BCUT2D eigenvalue weighted by Gasteiger charge is -2.11. The average molecular weight is 372 g/mol. The van der Waals surface area contributed by atoms with Crippen molar-refractivity contribution in [2.24, 2.45) is 0 Å². The molecule has 4 aromatic rings.